The molecule has 6 atom stereocenters. The highest BCUT2D eigenvalue weighted by Crippen LogP contribution is 2.55. The zero-order valence-corrected chi connectivity index (χ0v) is 17.5. The standard InChI is InChI=1S/C25H32F4O/c1-2-3-4-16-5-10-21-19(13-16)6-7-20-14-17(8-11-22(20)21)18-9-12-24(23(26)15-18)30-25(27,28)29/h2,9,12,15-17,19-22H,1,3-8,10-11,13-14H2/t16-,17?,19-,20+,21+,22+/m1/s1. The van der Waals surface area contributed by atoms with E-state index in [-0.39, 0.29) is 5.92 Å². The second-order valence-corrected chi connectivity index (χ2v) is 9.72. The summed E-state index contributed by atoms with van der Waals surface area (Å²) >= 11 is 0. The van der Waals surface area contributed by atoms with Crippen molar-refractivity contribution in [1.29, 1.82) is 0 Å². The Labute approximate surface area is 176 Å². The summed E-state index contributed by atoms with van der Waals surface area (Å²) in [6.45, 7) is 3.86. The second kappa shape index (κ2) is 8.92. The van der Waals surface area contributed by atoms with E-state index in [4.69, 9.17) is 0 Å². The first-order valence-electron chi connectivity index (χ1n) is 11.5. The van der Waals surface area contributed by atoms with Gasteiger partial charge in [0, 0.05) is 0 Å². The molecule has 1 unspecified atom stereocenters. The quantitative estimate of drug-likeness (QED) is 0.343. The molecule has 0 bridgehead atoms. The van der Waals surface area contributed by atoms with E-state index < -0.39 is 17.9 Å². The third-order valence-corrected chi connectivity index (χ3v) is 8.08. The lowest BCUT2D eigenvalue weighted by molar-refractivity contribution is -0.275. The number of hydrogen-bond acceptors (Lipinski definition) is 1. The molecule has 4 rings (SSSR count). The van der Waals surface area contributed by atoms with Gasteiger partial charge >= 0.3 is 6.36 Å². The fourth-order valence-corrected chi connectivity index (χ4v) is 6.79. The van der Waals surface area contributed by atoms with E-state index in [9.17, 15) is 17.6 Å². The summed E-state index contributed by atoms with van der Waals surface area (Å²) in [5.74, 6) is 2.58. The monoisotopic (exact) mass is 424 g/mol. The van der Waals surface area contributed by atoms with Gasteiger partial charge < -0.3 is 4.74 Å². The Balaban J connectivity index is 1.37. The van der Waals surface area contributed by atoms with Crippen molar-refractivity contribution in [3.8, 4) is 5.75 Å². The number of benzene rings is 1. The Morgan fingerprint density at radius 3 is 2.33 bits per heavy atom. The van der Waals surface area contributed by atoms with Crippen LogP contribution >= 0.6 is 0 Å². The lowest BCUT2D eigenvalue weighted by Gasteiger charge is -2.51. The predicted octanol–water partition coefficient (Wildman–Crippen LogP) is 8.02. The highest BCUT2D eigenvalue weighted by Gasteiger charge is 2.44. The van der Waals surface area contributed by atoms with E-state index in [1.807, 2.05) is 6.08 Å². The van der Waals surface area contributed by atoms with Crippen LogP contribution in [0.4, 0.5) is 17.6 Å². The van der Waals surface area contributed by atoms with Crippen LogP contribution in [0.1, 0.15) is 75.7 Å². The van der Waals surface area contributed by atoms with E-state index in [0.29, 0.717) is 5.92 Å². The highest BCUT2D eigenvalue weighted by atomic mass is 19.4. The first-order chi connectivity index (χ1) is 14.3. The topological polar surface area (TPSA) is 9.23 Å². The molecular formula is C25H32F4O. The van der Waals surface area contributed by atoms with Gasteiger partial charge in [-0.2, -0.15) is 0 Å². The third-order valence-electron chi connectivity index (χ3n) is 8.08. The van der Waals surface area contributed by atoms with Gasteiger partial charge in [0.25, 0.3) is 0 Å². The van der Waals surface area contributed by atoms with Crippen molar-refractivity contribution in [2.24, 2.45) is 29.6 Å². The van der Waals surface area contributed by atoms with Crippen LogP contribution in [0.25, 0.3) is 0 Å². The Bertz CT molecular complexity index is 743. The van der Waals surface area contributed by atoms with Crippen molar-refractivity contribution in [3.05, 3.63) is 42.2 Å². The van der Waals surface area contributed by atoms with Gasteiger partial charge in [0.15, 0.2) is 11.6 Å². The number of rotatable bonds is 5. The average Bonchev–Trinajstić information content (AvgIpc) is 2.72. The summed E-state index contributed by atoms with van der Waals surface area (Å²) < 4.78 is 55.1. The molecule has 3 fully saturated rings. The fourth-order valence-electron chi connectivity index (χ4n) is 6.79. The Hall–Kier alpha value is -1.52. The lowest BCUT2D eigenvalue weighted by Crippen LogP contribution is -2.41. The molecule has 0 aliphatic heterocycles. The van der Waals surface area contributed by atoms with Crippen molar-refractivity contribution in [3.63, 3.8) is 0 Å². The summed E-state index contributed by atoms with van der Waals surface area (Å²) in [5.41, 5.74) is 0.815. The number of ether oxygens (including phenoxy) is 1. The molecule has 0 saturated heterocycles. The molecule has 0 heterocycles. The fraction of sp³-hybridized carbons (Fsp3) is 0.680. The Kier molecular flexibility index (Phi) is 6.45. The summed E-state index contributed by atoms with van der Waals surface area (Å²) in [4.78, 5) is 0. The predicted molar refractivity (Wildman–Crippen MR) is 110 cm³/mol. The molecular weight excluding hydrogens is 392 g/mol. The molecule has 30 heavy (non-hydrogen) atoms. The average molecular weight is 425 g/mol. The van der Waals surface area contributed by atoms with E-state index in [1.54, 1.807) is 6.07 Å². The molecule has 0 radical (unpaired) electrons. The van der Waals surface area contributed by atoms with Crippen LogP contribution in [-0.4, -0.2) is 6.36 Å². The molecule has 0 N–H and O–H groups in total. The molecule has 3 saturated carbocycles. The molecule has 0 aromatic heterocycles. The van der Waals surface area contributed by atoms with E-state index >= 15 is 0 Å². The maximum atomic E-state index is 14.2. The third kappa shape index (κ3) is 4.86. The molecule has 3 aliphatic rings. The minimum atomic E-state index is -4.87. The summed E-state index contributed by atoms with van der Waals surface area (Å²) in [5, 5.41) is 0. The zero-order valence-electron chi connectivity index (χ0n) is 17.5. The number of alkyl halides is 3. The van der Waals surface area contributed by atoms with Gasteiger partial charge in [-0.15, -0.1) is 19.8 Å². The molecule has 1 nitrogen and oxygen atoms in total. The van der Waals surface area contributed by atoms with Crippen LogP contribution in [0.5, 0.6) is 5.75 Å². The van der Waals surface area contributed by atoms with E-state index in [2.05, 4.69) is 11.3 Å². The van der Waals surface area contributed by atoms with Crippen LogP contribution < -0.4 is 4.74 Å². The second-order valence-electron chi connectivity index (χ2n) is 9.72. The van der Waals surface area contributed by atoms with Gasteiger partial charge in [-0.3, -0.25) is 0 Å². The van der Waals surface area contributed by atoms with Crippen LogP contribution in [0, 0.1) is 35.4 Å². The molecule has 1 aromatic rings. The SMILES string of the molecule is C=CCC[C@@H]1CC[C@H]2[C@H](CC[C@H]3CC(c4ccc(OC(F)(F)F)c(F)c4)CC[C@@H]32)C1. The molecule has 3 aliphatic carbocycles. The lowest BCUT2D eigenvalue weighted by atomic mass is 9.55. The number of halogens is 4. The van der Waals surface area contributed by atoms with Gasteiger partial charge in [-0.1, -0.05) is 18.6 Å². The molecule has 0 amide bonds. The van der Waals surface area contributed by atoms with E-state index in [1.165, 1.54) is 44.6 Å². The Morgan fingerprint density at radius 1 is 0.967 bits per heavy atom. The van der Waals surface area contributed by atoms with E-state index in [0.717, 1.165) is 61.0 Å². The minimum absolute atomic E-state index is 0.237. The summed E-state index contributed by atoms with van der Waals surface area (Å²) in [7, 11) is 0. The maximum Gasteiger partial charge on any atom is 0.573 e. The van der Waals surface area contributed by atoms with Crippen molar-refractivity contribution in [2.45, 2.75) is 76.5 Å². The molecule has 0 spiro atoms. The zero-order chi connectivity index (χ0) is 21.3. The first-order valence-corrected chi connectivity index (χ1v) is 11.5. The van der Waals surface area contributed by atoms with Crippen LogP contribution in [0.2, 0.25) is 0 Å². The molecule has 166 valence electrons. The largest absolute Gasteiger partial charge is 0.573 e. The highest BCUT2D eigenvalue weighted by molar-refractivity contribution is 5.32. The first kappa shape index (κ1) is 21.7. The Morgan fingerprint density at radius 2 is 1.67 bits per heavy atom. The van der Waals surface area contributed by atoms with Crippen LogP contribution in [0.3, 0.4) is 0 Å². The van der Waals surface area contributed by atoms with Gasteiger partial charge in [0.05, 0.1) is 0 Å². The number of fused-ring (bicyclic) bond motifs is 3. The normalized spacial score (nSPS) is 34.0. The van der Waals surface area contributed by atoms with Crippen LogP contribution in [-0.2, 0) is 0 Å². The smallest absolute Gasteiger partial charge is 0.403 e. The summed E-state index contributed by atoms with van der Waals surface area (Å²) in [6, 6.07) is 4.00. The minimum Gasteiger partial charge on any atom is -0.403 e. The van der Waals surface area contributed by atoms with Crippen molar-refractivity contribution in [2.75, 3.05) is 0 Å². The van der Waals surface area contributed by atoms with Gasteiger partial charge in [-0.25, -0.2) is 4.39 Å². The van der Waals surface area contributed by atoms with Gasteiger partial charge in [-0.05, 0) is 111 Å². The number of hydrogen-bond donors (Lipinski definition) is 0. The van der Waals surface area contributed by atoms with Gasteiger partial charge in [0.2, 0.25) is 0 Å². The van der Waals surface area contributed by atoms with Crippen molar-refractivity contribution in [1.82, 2.24) is 0 Å². The maximum absolute atomic E-state index is 14.2. The van der Waals surface area contributed by atoms with Crippen LogP contribution in [0.15, 0.2) is 30.9 Å². The van der Waals surface area contributed by atoms with Gasteiger partial charge in [0.1, 0.15) is 0 Å². The molecule has 1 aromatic carbocycles. The van der Waals surface area contributed by atoms with Crippen molar-refractivity contribution >= 4 is 0 Å². The molecule has 5 heteroatoms. The van der Waals surface area contributed by atoms with Crippen molar-refractivity contribution < 1.29 is 22.3 Å². The number of allylic oxidation sites excluding steroid dienone is 1. The summed E-state index contributed by atoms with van der Waals surface area (Å²) in [6.07, 6.45) is 9.37.